The highest BCUT2D eigenvalue weighted by molar-refractivity contribution is 7.88. The van der Waals surface area contributed by atoms with Gasteiger partial charge in [0.15, 0.2) is 0 Å². The lowest BCUT2D eigenvalue weighted by Crippen LogP contribution is -2.46. The van der Waals surface area contributed by atoms with Crippen LogP contribution < -0.4 is 10.5 Å². The number of nitrogens with one attached hydrogen (secondary N) is 1. The molecular formula is C14H29N3O3S. The Morgan fingerprint density at radius 3 is 2.62 bits per heavy atom. The Morgan fingerprint density at radius 1 is 1.38 bits per heavy atom. The summed E-state index contributed by atoms with van der Waals surface area (Å²) in [6.45, 7) is 5.00. The fourth-order valence-electron chi connectivity index (χ4n) is 2.61. The van der Waals surface area contributed by atoms with Gasteiger partial charge in [0.05, 0.1) is 6.26 Å². The summed E-state index contributed by atoms with van der Waals surface area (Å²) < 4.78 is 24.7. The monoisotopic (exact) mass is 319 g/mol. The molecule has 124 valence electrons. The Bertz CT molecular complexity index is 443. The maximum atomic E-state index is 12.3. The van der Waals surface area contributed by atoms with Crippen molar-refractivity contribution in [3.63, 3.8) is 0 Å². The first-order valence-corrected chi connectivity index (χ1v) is 9.51. The number of hydrogen-bond acceptors (Lipinski definition) is 4. The largest absolute Gasteiger partial charge is 0.340 e. The SMILES string of the molecule is CC(C)(N)CCC(=O)N1CCCCC1CCNS(C)(=O)=O. The van der Waals surface area contributed by atoms with Crippen molar-refractivity contribution in [1.82, 2.24) is 9.62 Å². The molecule has 6 nitrogen and oxygen atoms in total. The number of amides is 1. The first-order valence-electron chi connectivity index (χ1n) is 7.61. The van der Waals surface area contributed by atoms with E-state index in [1.165, 1.54) is 0 Å². The first-order chi connectivity index (χ1) is 9.58. The number of hydrogen-bond donors (Lipinski definition) is 2. The van der Waals surface area contributed by atoms with Crippen molar-refractivity contribution < 1.29 is 13.2 Å². The molecule has 0 aromatic heterocycles. The summed E-state index contributed by atoms with van der Waals surface area (Å²) in [6.07, 6.45) is 6.01. The quantitative estimate of drug-likeness (QED) is 0.727. The van der Waals surface area contributed by atoms with Gasteiger partial charge >= 0.3 is 0 Å². The molecule has 0 radical (unpaired) electrons. The van der Waals surface area contributed by atoms with Crippen LogP contribution in [0.5, 0.6) is 0 Å². The smallest absolute Gasteiger partial charge is 0.222 e. The van der Waals surface area contributed by atoms with E-state index < -0.39 is 10.0 Å². The zero-order chi connectivity index (χ0) is 16.1. The Kier molecular flexibility index (Phi) is 6.62. The Labute approximate surface area is 128 Å². The summed E-state index contributed by atoms with van der Waals surface area (Å²) in [5.74, 6) is 0.137. The highest BCUT2D eigenvalue weighted by atomic mass is 32.2. The standard InChI is InChI=1S/C14H29N3O3S/c1-14(2,15)9-7-13(18)17-11-5-4-6-12(17)8-10-16-21(3,19)20/h12,16H,4-11,15H2,1-3H3. The van der Waals surface area contributed by atoms with Gasteiger partial charge in [-0.2, -0.15) is 0 Å². The molecule has 1 heterocycles. The van der Waals surface area contributed by atoms with Crippen molar-refractivity contribution >= 4 is 15.9 Å². The van der Waals surface area contributed by atoms with Crippen molar-refractivity contribution in [1.29, 1.82) is 0 Å². The molecule has 0 aromatic rings. The summed E-state index contributed by atoms with van der Waals surface area (Å²) in [4.78, 5) is 14.3. The minimum absolute atomic E-state index is 0.137. The molecule has 0 spiro atoms. The number of rotatable bonds is 7. The Balaban J connectivity index is 2.50. The van der Waals surface area contributed by atoms with Crippen molar-refractivity contribution in [2.75, 3.05) is 19.3 Å². The van der Waals surface area contributed by atoms with Crippen LogP contribution in [0.2, 0.25) is 0 Å². The van der Waals surface area contributed by atoms with Crippen LogP contribution in [-0.4, -0.2) is 50.2 Å². The summed E-state index contributed by atoms with van der Waals surface area (Å²) >= 11 is 0. The van der Waals surface area contributed by atoms with Crippen LogP contribution in [-0.2, 0) is 14.8 Å². The van der Waals surface area contributed by atoms with E-state index in [9.17, 15) is 13.2 Å². The maximum Gasteiger partial charge on any atom is 0.222 e. The van der Waals surface area contributed by atoms with Gasteiger partial charge in [-0.1, -0.05) is 0 Å². The Morgan fingerprint density at radius 2 is 2.05 bits per heavy atom. The van der Waals surface area contributed by atoms with E-state index in [1.807, 2.05) is 18.7 Å². The second kappa shape index (κ2) is 7.56. The molecule has 0 aromatic carbocycles. The van der Waals surface area contributed by atoms with E-state index in [2.05, 4.69) is 4.72 Å². The molecule has 0 aliphatic carbocycles. The minimum Gasteiger partial charge on any atom is -0.340 e. The predicted octanol–water partition coefficient (Wildman–Crippen LogP) is 0.824. The third-order valence-electron chi connectivity index (χ3n) is 3.77. The molecule has 21 heavy (non-hydrogen) atoms. The second-order valence-corrected chi connectivity index (χ2v) is 8.51. The normalized spacial score (nSPS) is 20.6. The van der Waals surface area contributed by atoms with Crippen molar-refractivity contribution in [2.24, 2.45) is 5.73 Å². The van der Waals surface area contributed by atoms with Crippen LogP contribution in [0.3, 0.4) is 0 Å². The van der Waals surface area contributed by atoms with Gasteiger partial charge in [0.1, 0.15) is 0 Å². The van der Waals surface area contributed by atoms with Crippen LogP contribution in [0.25, 0.3) is 0 Å². The molecule has 1 fully saturated rings. The van der Waals surface area contributed by atoms with Crippen molar-refractivity contribution in [2.45, 2.75) is 64.0 Å². The summed E-state index contributed by atoms with van der Waals surface area (Å²) in [6, 6.07) is 0.140. The van der Waals surface area contributed by atoms with E-state index in [4.69, 9.17) is 5.73 Å². The van der Waals surface area contributed by atoms with E-state index in [-0.39, 0.29) is 17.5 Å². The lowest BCUT2D eigenvalue weighted by Gasteiger charge is -2.36. The second-order valence-electron chi connectivity index (χ2n) is 6.68. The van der Waals surface area contributed by atoms with Gasteiger partial charge in [0.25, 0.3) is 0 Å². The first kappa shape index (κ1) is 18.4. The van der Waals surface area contributed by atoms with Crippen molar-refractivity contribution in [3.8, 4) is 0 Å². The molecule has 1 aliphatic heterocycles. The van der Waals surface area contributed by atoms with Gasteiger partial charge in [0.2, 0.25) is 15.9 Å². The topological polar surface area (TPSA) is 92.5 Å². The number of likely N-dealkylation sites (tertiary alicyclic amines) is 1. The zero-order valence-electron chi connectivity index (χ0n) is 13.4. The lowest BCUT2D eigenvalue weighted by atomic mass is 9.96. The molecule has 7 heteroatoms. The van der Waals surface area contributed by atoms with Gasteiger partial charge < -0.3 is 10.6 Å². The third-order valence-corrected chi connectivity index (χ3v) is 4.50. The van der Waals surface area contributed by atoms with Crippen LogP contribution in [0, 0.1) is 0 Å². The van der Waals surface area contributed by atoms with Gasteiger partial charge in [-0.15, -0.1) is 0 Å². The summed E-state index contributed by atoms with van der Waals surface area (Å²) in [5.41, 5.74) is 5.59. The van der Waals surface area contributed by atoms with Crippen LogP contribution in [0.15, 0.2) is 0 Å². The molecular weight excluding hydrogens is 290 g/mol. The molecule has 1 atom stereocenters. The van der Waals surface area contributed by atoms with Crippen LogP contribution >= 0.6 is 0 Å². The van der Waals surface area contributed by atoms with E-state index in [0.717, 1.165) is 32.1 Å². The maximum absolute atomic E-state index is 12.3. The van der Waals surface area contributed by atoms with Crippen LogP contribution in [0.4, 0.5) is 0 Å². The van der Waals surface area contributed by atoms with Gasteiger partial charge in [-0.25, -0.2) is 13.1 Å². The number of sulfonamides is 1. The molecule has 0 bridgehead atoms. The van der Waals surface area contributed by atoms with Gasteiger partial charge in [-0.05, 0) is 46.0 Å². The average molecular weight is 319 g/mol. The van der Waals surface area contributed by atoms with Gasteiger partial charge in [0, 0.05) is 31.1 Å². The molecule has 1 amide bonds. The van der Waals surface area contributed by atoms with Crippen molar-refractivity contribution in [3.05, 3.63) is 0 Å². The third kappa shape index (κ3) is 7.78. The fraction of sp³-hybridized carbons (Fsp3) is 0.929. The Hall–Kier alpha value is -0.660. The number of carbonyl (C=O) groups excluding carboxylic acids is 1. The van der Waals surface area contributed by atoms with E-state index >= 15 is 0 Å². The lowest BCUT2D eigenvalue weighted by molar-refractivity contribution is -0.135. The minimum atomic E-state index is -3.16. The molecule has 0 saturated carbocycles. The van der Waals surface area contributed by atoms with Crippen LogP contribution in [0.1, 0.15) is 52.4 Å². The molecule has 3 N–H and O–H groups in total. The average Bonchev–Trinajstić information content (AvgIpc) is 2.34. The number of carbonyl (C=O) groups is 1. The highest BCUT2D eigenvalue weighted by Gasteiger charge is 2.27. The van der Waals surface area contributed by atoms with Gasteiger partial charge in [-0.3, -0.25) is 4.79 Å². The predicted molar refractivity (Wildman–Crippen MR) is 84.3 cm³/mol. The molecule has 1 rings (SSSR count). The molecule has 1 aliphatic rings. The molecule has 1 saturated heterocycles. The fourth-order valence-corrected chi connectivity index (χ4v) is 3.10. The highest BCUT2D eigenvalue weighted by Crippen LogP contribution is 2.21. The number of nitrogens with zero attached hydrogens (tertiary/aromatic N) is 1. The summed E-state index contributed by atoms with van der Waals surface area (Å²) in [7, 11) is -3.16. The van der Waals surface area contributed by atoms with E-state index in [0.29, 0.717) is 25.8 Å². The zero-order valence-corrected chi connectivity index (χ0v) is 14.2. The van der Waals surface area contributed by atoms with E-state index in [1.54, 1.807) is 0 Å². The number of nitrogens with two attached hydrogens (primary N) is 1. The molecule has 1 unspecified atom stereocenters. The summed E-state index contributed by atoms with van der Waals surface area (Å²) in [5, 5.41) is 0. The number of piperidine rings is 1.